The molecule has 0 atom stereocenters. The summed E-state index contributed by atoms with van der Waals surface area (Å²) in [4.78, 5) is 51.4. The zero-order chi connectivity index (χ0) is 29.3. The van der Waals surface area contributed by atoms with Gasteiger partial charge in [0.1, 0.15) is 12.4 Å². The van der Waals surface area contributed by atoms with Crippen LogP contribution in [0.15, 0.2) is 71.8 Å². The number of fused-ring (bicyclic) bond motifs is 1. The Morgan fingerprint density at radius 1 is 1.05 bits per heavy atom. The average Bonchev–Trinajstić information content (AvgIpc) is 3.43. The van der Waals surface area contributed by atoms with Gasteiger partial charge in [-0.3, -0.25) is 19.3 Å². The van der Waals surface area contributed by atoms with E-state index in [1.54, 1.807) is 18.3 Å². The van der Waals surface area contributed by atoms with Crippen molar-refractivity contribution in [2.75, 3.05) is 19.0 Å². The fraction of sp³-hybridized carbons (Fsp3) is 0.103. The molecule has 208 valence electrons. The number of rotatable bonds is 7. The summed E-state index contributed by atoms with van der Waals surface area (Å²) >= 11 is 13.0. The Hall–Kier alpha value is -4.12. The summed E-state index contributed by atoms with van der Waals surface area (Å²) < 4.78 is 21.0. The van der Waals surface area contributed by atoms with E-state index in [9.17, 15) is 23.6 Å². The van der Waals surface area contributed by atoms with E-state index in [-0.39, 0.29) is 27.7 Å². The Balaban J connectivity index is 1.36. The van der Waals surface area contributed by atoms with Crippen LogP contribution in [-0.2, 0) is 20.9 Å². The standard InChI is InChI=1S/C29H20Cl2FN3O5S/c1-40-28(38)19-12-17(9-10-22(19)31)33-26(36)15-35-27(37)25(41-29(35)39)11-16-13-34(24-8-3-2-5-18(16)24)14-20-21(30)6-4-7-23(20)32/h2-13H,14-15H2,1H3,(H,33,36)/b25-11+. The summed E-state index contributed by atoms with van der Waals surface area (Å²) in [5.41, 5.74) is 2.04. The largest absolute Gasteiger partial charge is 0.465 e. The van der Waals surface area contributed by atoms with E-state index in [1.165, 1.54) is 37.4 Å². The van der Waals surface area contributed by atoms with Gasteiger partial charge in [0.25, 0.3) is 11.1 Å². The summed E-state index contributed by atoms with van der Waals surface area (Å²) in [6.07, 6.45) is 3.33. The summed E-state index contributed by atoms with van der Waals surface area (Å²) in [6, 6.07) is 16.1. The highest BCUT2D eigenvalue weighted by Gasteiger charge is 2.36. The van der Waals surface area contributed by atoms with Gasteiger partial charge in [0.2, 0.25) is 5.91 Å². The molecule has 0 radical (unpaired) electrons. The van der Waals surface area contributed by atoms with E-state index in [1.807, 2.05) is 28.8 Å². The van der Waals surface area contributed by atoms with Crippen molar-refractivity contribution in [3.05, 3.63) is 104 Å². The van der Waals surface area contributed by atoms with E-state index < -0.39 is 35.4 Å². The maximum absolute atomic E-state index is 14.5. The highest BCUT2D eigenvalue weighted by atomic mass is 35.5. The normalized spacial score (nSPS) is 14.2. The van der Waals surface area contributed by atoms with E-state index in [0.717, 1.165) is 15.8 Å². The molecule has 4 aromatic rings. The molecule has 1 aromatic heterocycles. The van der Waals surface area contributed by atoms with Crippen LogP contribution in [-0.4, -0.2) is 46.1 Å². The topological polar surface area (TPSA) is 97.7 Å². The number of anilines is 1. The maximum Gasteiger partial charge on any atom is 0.339 e. The molecule has 8 nitrogen and oxygen atoms in total. The van der Waals surface area contributed by atoms with Crippen LogP contribution in [0.2, 0.25) is 10.0 Å². The number of aromatic nitrogens is 1. The number of hydrogen-bond donors (Lipinski definition) is 1. The number of thioether (sulfide) groups is 1. The fourth-order valence-corrected chi connectivity index (χ4v) is 5.61. The first-order chi connectivity index (χ1) is 19.7. The van der Waals surface area contributed by atoms with Crippen molar-refractivity contribution in [1.82, 2.24) is 9.47 Å². The smallest absolute Gasteiger partial charge is 0.339 e. The molecule has 1 aliphatic heterocycles. The Bertz CT molecular complexity index is 1750. The number of carbonyl (C=O) groups is 4. The van der Waals surface area contributed by atoms with Gasteiger partial charge in [0.15, 0.2) is 0 Å². The monoisotopic (exact) mass is 611 g/mol. The van der Waals surface area contributed by atoms with Crippen LogP contribution >= 0.6 is 35.0 Å². The number of nitrogens with one attached hydrogen (secondary N) is 1. The van der Waals surface area contributed by atoms with E-state index in [0.29, 0.717) is 27.9 Å². The lowest BCUT2D eigenvalue weighted by Gasteiger charge is -2.13. The van der Waals surface area contributed by atoms with Crippen LogP contribution in [0.1, 0.15) is 21.5 Å². The molecular weight excluding hydrogens is 592 g/mol. The molecule has 2 heterocycles. The highest BCUT2D eigenvalue weighted by molar-refractivity contribution is 8.18. The van der Waals surface area contributed by atoms with Crippen LogP contribution < -0.4 is 5.32 Å². The third-order valence-corrected chi connectivity index (χ3v) is 7.92. The molecule has 5 rings (SSSR count). The zero-order valence-corrected chi connectivity index (χ0v) is 23.6. The number of ether oxygens (including phenoxy) is 1. The fourth-order valence-electron chi connectivity index (χ4n) is 4.37. The van der Waals surface area contributed by atoms with Crippen molar-refractivity contribution >= 4 is 80.7 Å². The van der Waals surface area contributed by atoms with E-state index in [2.05, 4.69) is 10.1 Å². The van der Waals surface area contributed by atoms with Crippen LogP contribution in [0.25, 0.3) is 17.0 Å². The molecule has 0 unspecified atom stereocenters. The Labute approximate surface area is 247 Å². The van der Waals surface area contributed by atoms with Crippen molar-refractivity contribution in [3.8, 4) is 0 Å². The van der Waals surface area contributed by atoms with Gasteiger partial charge in [-0.05, 0) is 54.2 Å². The summed E-state index contributed by atoms with van der Waals surface area (Å²) in [6.45, 7) is -0.379. The molecule has 12 heteroatoms. The molecule has 3 amide bonds. The van der Waals surface area contributed by atoms with Crippen LogP contribution in [0.4, 0.5) is 14.9 Å². The first kappa shape index (κ1) is 28.4. The number of methoxy groups -OCH3 is 1. The quantitative estimate of drug-likeness (QED) is 0.187. The Morgan fingerprint density at radius 3 is 2.59 bits per heavy atom. The van der Waals surface area contributed by atoms with Gasteiger partial charge in [0.05, 0.1) is 29.1 Å². The summed E-state index contributed by atoms with van der Waals surface area (Å²) in [7, 11) is 1.20. The predicted octanol–water partition coefficient (Wildman–Crippen LogP) is 6.60. The molecule has 1 aliphatic rings. The van der Waals surface area contributed by atoms with Gasteiger partial charge >= 0.3 is 5.97 Å². The number of halogens is 3. The first-order valence-corrected chi connectivity index (χ1v) is 13.7. The van der Waals surface area contributed by atoms with Gasteiger partial charge in [-0.2, -0.15) is 0 Å². The van der Waals surface area contributed by atoms with Gasteiger partial charge in [-0.25, -0.2) is 9.18 Å². The number of hydrogen-bond acceptors (Lipinski definition) is 6. The van der Waals surface area contributed by atoms with E-state index in [4.69, 9.17) is 23.2 Å². The zero-order valence-electron chi connectivity index (χ0n) is 21.3. The second-order valence-corrected chi connectivity index (χ2v) is 10.7. The highest BCUT2D eigenvalue weighted by Crippen LogP contribution is 2.35. The number of para-hydroxylation sites is 1. The van der Waals surface area contributed by atoms with Crippen molar-refractivity contribution in [2.24, 2.45) is 0 Å². The molecule has 0 saturated carbocycles. The number of imide groups is 1. The molecule has 1 fully saturated rings. The van der Waals surface area contributed by atoms with Crippen molar-refractivity contribution < 1.29 is 28.3 Å². The SMILES string of the molecule is COC(=O)c1cc(NC(=O)CN2C(=O)S/C(=C/c3cn(Cc4c(F)cccc4Cl)c4ccccc34)C2=O)ccc1Cl. The van der Waals surface area contributed by atoms with Gasteiger partial charge in [-0.15, -0.1) is 0 Å². The van der Waals surface area contributed by atoms with Crippen LogP contribution in [0.3, 0.4) is 0 Å². The lowest BCUT2D eigenvalue weighted by molar-refractivity contribution is -0.127. The minimum Gasteiger partial charge on any atom is -0.465 e. The second kappa shape index (κ2) is 11.8. The number of carbonyl (C=O) groups excluding carboxylic acids is 4. The van der Waals surface area contributed by atoms with E-state index >= 15 is 0 Å². The first-order valence-electron chi connectivity index (χ1n) is 12.1. The minimum atomic E-state index is -0.680. The number of benzene rings is 3. The maximum atomic E-state index is 14.5. The third kappa shape index (κ3) is 5.85. The predicted molar refractivity (Wildman–Crippen MR) is 157 cm³/mol. The number of esters is 1. The lowest BCUT2D eigenvalue weighted by Crippen LogP contribution is -2.36. The van der Waals surface area contributed by atoms with Crippen molar-refractivity contribution in [1.29, 1.82) is 0 Å². The van der Waals surface area contributed by atoms with Gasteiger partial charge < -0.3 is 14.6 Å². The number of amides is 3. The lowest BCUT2D eigenvalue weighted by atomic mass is 10.1. The minimum absolute atomic E-state index is 0.0532. The Kier molecular flexibility index (Phi) is 8.16. The molecule has 0 aliphatic carbocycles. The molecule has 3 aromatic carbocycles. The molecule has 0 bridgehead atoms. The van der Waals surface area contributed by atoms with Gasteiger partial charge in [0, 0.05) is 38.9 Å². The number of nitrogens with zero attached hydrogens (tertiary/aromatic N) is 2. The molecule has 1 N–H and O–H groups in total. The molecule has 41 heavy (non-hydrogen) atoms. The van der Waals surface area contributed by atoms with Gasteiger partial charge in [-0.1, -0.05) is 47.5 Å². The second-order valence-electron chi connectivity index (χ2n) is 8.93. The molecular formula is C29H20Cl2FN3O5S. The summed E-state index contributed by atoms with van der Waals surface area (Å²) in [5, 5.41) is 3.17. The van der Waals surface area contributed by atoms with Crippen LogP contribution in [0.5, 0.6) is 0 Å². The Morgan fingerprint density at radius 2 is 1.83 bits per heavy atom. The molecule has 0 spiro atoms. The van der Waals surface area contributed by atoms with Crippen molar-refractivity contribution in [2.45, 2.75) is 6.54 Å². The molecule has 1 saturated heterocycles. The third-order valence-electron chi connectivity index (χ3n) is 6.33. The van der Waals surface area contributed by atoms with Crippen LogP contribution in [0, 0.1) is 5.82 Å². The average molecular weight is 612 g/mol. The van der Waals surface area contributed by atoms with Crippen molar-refractivity contribution in [3.63, 3.8) is 0 Å². The summed E-state index contributed by atoms with van der Waals surface area (Å²) in [5.74, 6) is -2.39.